The van der Waals surface area contributed by atoms with Crippen LogP contribution in [-0.4, -0.2) is 66.3 Å². The van der Waals surface area contributed by atoms with E-state index in [1.165, 1.54) is 16.2 Å². The zero-order valence-corrected chi connectivity index (χ0v) is 14.7. The second-order valence-corrected chi connectivity index (χ2v) is 7.15. The molecule has 124 valence electrons. The minimum atomic E-state index is -0.158. The number of rotatable bonds is 4. The summed E-state index contributed by atoms with van der Waals surface area (Å²) in [6.07, 6.45) is 2.03. The molecule has 0 unspecified atom stereocenters. The Hall–Kier alpha value is -1.66. The monoisotopic (exact) mass is 333 g/mol. The van der Waals surface area contributed by atoms with Gasteiger partial charge in [0, 0.05) is 24.5 Å². The Kier molecular flexibility index (Phi) is 4.55. The molecular weight excluding hydrogens is 310 g/mol. The molecule has 0 saturated carbocycles. The number of likely N-dealkylation sites (N-methyl/N-ethyl adjacent to an activating group) is 2. The fourth-order valence-electron chi connectivity index (χ4n) is 3.39. The Balaban J connectivity index is 1.97. The predicted molar refractivity (Wildman–Crippen MR) is 91.9 cm³/mol. The number of carbonyl (C=O) groups excluding carboxylic acids is 2. The molecule has 0 aliphatic carbocycles. The number of thiophene rings is 1. The normalized spacial score (nSPS) is 20.7. The van der Waals surface area contributed by atoms with Gasteiger partial charge in [0.1, 0.15) is 5.70 Å². The lowest BCUT2D eigenvalue weighted by Crippen LogP contribution is -2.43. The van der Waals surface area contributed by atoms with Crippen LogP contribution in [0.3, 0.4) is 0 Å². The molecule has 0 N–H and O–H groups in total. The Bertz CT molecular complexity index is 630. The van der Waals surface area contributed by atoms with E-state index < -0.39 is 0 Å². The van der Waals surface area contributed by atoms with Gasteiger partial charge in [-0.15, -0.1) is 11.3 Å². The Morgan fingerprint density at radius 2 is 1.96 bits per heavy atom. The Labute approximate surface area is 141 Å². The lowest BCUT2D eigenvalue weighted by atomic mass is 10.0. The number of carbonyl (C=O) groups is 2. The van der Waals surface area contributed by atoms with Gasteiger partial charge < -0.3 is 9.80 Å². The van der Waals surface area contributed by atoms with E-state index in [1.54, 1.807) is 0 Å². The van der Waals surface area contributed by atoms with Crippen molar-refractivity contribution in [2.24, 2.45) is 0 Å². The summed E-state index contributed by atoms with van der Waals surface area (Å²) in [6.45, 7) is 4.31. The summed E-state index contributed by atoms with van der Waals surface area (Å²) in [4.78, 5) is 32.1. The van der Waals surface area contributed by atoms with Gasteiger partial charge in [0.25, 0.3) is 11.8 Å². The highest BCUT2D eigenvalue weighted by atomic mass is 32.1. The fourth-order valence-corrected chi connectivity index (χ4v) is 4.15. The van der Waals surface area contributed by atoms with Crippen LogP contribution in [0.15, 0.2) is 23.2 Å². The molecule has 0 radical (unpaired) electrons. The van der Waals surface area contributed by atoms with Gasteiger partial charge in [-0.3, -0.25) is 14.5 Å². The first-order chi connectivity index (χ1) is 11.0. The van der Waals surface area contributed by atoms with Gasteiger partial charge in [-0.25, -0.2) is 0 Å². The van der Waals surface area contributed by atoms with Crippen LogP contribution in [0.5, 0.6) is 0 Å². The van der Waals surface area contributed by atoms with Crippen LogP contribution in [0, 0.1) is 0 Å². The van der Waals surface area contributed by atoms with Crippen molar-refractivity contribution < 1.29 is 9.59 Å². The van der Waals surface area contributed by atoms with Crippen molar-refractivity contribution >= 4 is 28.7 Å². The van der Waals surface area contributed by atoms with Crippen LogP contribution >= 0.6 is 11.3 Å². The zero-order valence-electron chi connectivity index (χ0n) is 13.9. The van der Waals surface area contributed by atoms with Crippen LogP contribution < -0.4 is 0 Å². The number of likely N-dealkylation sites (tertiary alicyclic amines) is 1. The summed E-state index contributed by atoms with van der Waals surface area (Å²) in [5, 5.41) is 1.95. The minimum absolute atomic E-state index is 0.151. The molecule has 2 aliphatic heterocycles. The molecule has 3 rings (SSSR count). The second kappa shape index (κ2) is 6.45. The third-order valence-corrected chi connectivity index (χ3v) is 5.70. The maximum absolute atomic E-state index is 12.8. The molecule has 3 heterocycles. The summed E-state index contributed by atoms with van der Waals surface area (Å²) < 4.78 is 0. The third kappa shape index (κ3) is 2.81. The number of piperidine rings is 1. The van der Waals surface area contributed by atoms with Crippen molar-refractivity contribution in [3.8, 4) is 0 Å². The van der Waals surface area contributed by atoms with Crippen LogP contribution in [0.25, 0.3) is 5.57 Å². The van der Waals surface area contributed by atoms with Gasteiger partial charge in [-0.1, -0.05) is 6.07 Å². The summed E-state index contributed by atoms with van der Waals surface area (Å²) in [5.74, 6) is -0.308. The molecule has 23 heavy (non-hydrogen) atoms. The fraction of sp³-hybridized carbons (Fsp3) is 0.529. The lowest BCUT2D eigenvalue weighted by Gasteiger charge is -2.36. The number of amides is 2. The minimum Gasteiger partial charge on any atom is -0.366 e. The molecule has 0 spiro atoms. The van der Waals surface area contributed by atoms with Crippen LogP contribution in [0.1, 0.15) is 24.6 Å². The van der Waals surface area contributed by atoms with Crippen molar-refractivity contribution in [2.75, 3.05) is 33.7 Å². The number of imide groups is 1. The van der Waals surface area contributed by atoms with Gasteiger partial charge in [-0.05, 0) is 51.3 Å². The first-order valence-corrected chi connectivity index (χ1v) is 8.98. The smallest absolute Gasteiger partial charge is 0.277 e. The topological polar surface area (TPSA) is 43.9 Å². The van der Waals surface area contributed by atoms with E-state index in [4.69, 9.17) is 0 Å². The first kappa shape index (κ1) is 16.2. The van der Waals surface area contributed by atoms with Gasteiger partial charge in [0.15, 0.2) is 0 Å². The van der Waals surface area contributed by atoms with Crippen LogP contribution in [-0.2, 0) is 9.59 Å². The van der Waals surface area contributed by atoms with Crippen molar-refractivity contribution in [3.63, 3.8) is 0 Å². The van der Waals surface area contributed by atoms with Crippen molar-refractivity contribution in [1.29, 1.82) is 0 Å². The van der Waals surface area contributed by atoms with Crippen molar-refractivity contribution in [3.05, 3.63) is 28.1 Å². The Morgan fingerprint density at radius 1 is 1.26 bits per heavy atom. The molecule has 0 atom stereocenters. The largest absolute Gasteiger partial charge is 0.366 e. The molecule has 0 aromatic carbocycles. The molecule has 2 aliphatic rings. The summed E-state index contributed by atoms with van der Waals surface area (Å²) in [6, 6.07) is 4.16. The molecule has 6 heteroatoms. The average Bonchev–Trinajstić information content (AvgIpc) is 3.14. The Morgan fingerprint density at radius 3 is 2.52 bits per heavy atom. The third-order valence-electron chi connectivity index (χ3n) is 4.82. The summed E-state index contributed by atoms with van der Waals surface area (Å²) in [7, 11) is 4.08. The molecule has 5 nitrogen and oxygen atoms in total. The molecule has 1 fully saturated rings. The first-order valence-electron chi connectivity index (χ1n) is 8.10. The highest BCUT2D eigenvalue weighted by molar-refractivity contribution is 7.11. The maximum atomic E-state index is 12.8. The van der Waals surface area contributed by atoms with E-state index in [1.807, 2.05) is 31.5 Å². The van der Waals surface area contributed by atoms with Gasteiger partial charge in [0.05, 0.1) is 5.57 Å². The van der Waals surface area contributed by atoms with Crippen molar-refractivity contribution in [2.45, 2.75) is 25.8 Å². The average molecular weight is 333 g/mol. The highest BCUT2D eigenvalue weighted by Gasteiger charge is 2.41. The van der Waals surface area contributed by atoms with Gasteiger partial charge >= 0.3 is 0 Å². The SMILES string of the molecule is CCN1C(=O)C(c2cccs2)=C(N(C)C2CCN(C)CC2)C1=O. The molecule has 1 aromatic rings. The quantitative estimate of drug-likeness (QED) is 0.789. The molecule has 1 saturated heterocycles. The van der Waals surface area contributed by atoms with Gasteiger partial charge in [-0.2, -0.15) is 0 Å². The molecule has 1 aromatic heterocycles. The predicted octanol–water partition coefficient (Wildman–Crippen LogP) is 1.87. The van der Waals surface area contributed by atoms with E-state index in [0.717, 1.165) is 30.8 Å². The maximum Gasteiger partial charge on any atom is 0.277 e. The highest BCUT2D eigenvalue weighted by Crippen LogP contribution is 2.35. The van der Waals surface area contributed by atoms with Crippen LogP contribution in [0.2, 0.25) is 0 Å². The number of hydrogen-bond acceptors (Lipinski definition) is 5. The number of nitrogens with zero attached hydrogens (tertiary/aromatic N) is 3. The van der Waals surface area contributed by atoms with Crippen molar-refractivity contribution in [1.82, 2.24) is 14.7 Å². The lowest BCUT2D eigenvalue weighted by molar-refractivity contribution is -0.137. The van der Waals surface area contributed by atoms with E-state index in [-0.39, 0.29) is 11.8 Å². The molecule has 2 amide bonds. The molecular formula is C17H23N3O2S. The zero-order chi connectivity index (χ0) is 16.6. The number of hydrogen-bond donors (Lipinski definition) is 0. The van der Waals surface area contributed by atoms with Gasteiger partial charge in [0.2, 0.25) is 0 Å². The summed E-state index contributed by atoms with van der Waals surface area (Å²) in [5.41, 5.74) is 1.15. The van der Waals surface area contributed by atoms with E-state index >= 15 is 0 Å². The second-order valence-electron chi connectivity index (χ2n) is 6.20. The van der Waals surface area contributed by atoms with Crippen LogP contribution in [0.4, 0.5) is 0 Å². The summed E-state index contributed by atoms with van der Waals surface area (Å²) >= 11 is 1.51. The standard InChI is InChI=1S/C17H23N3O2S/c1-4-20-16(21)14(13-6-5-11-23-13)15(17(20)22)19(3)12-7-9-18(2)10-8-12/h5-6,11-12H,4,7-10H2,1-3H3. The van der Waals surface area contributed by atoms with E-state index in [2.05, 4.69) is 16.8 Å². The molecule has 0 bridgehead atoms. The van der Waals surface area contributed by atoms with E-state index in [9.17, 15) is 9.59 Å². The van der Waals surface area contributed by atoms with E-state index in [0.29, 0.717) is 23.9 Å².